The van der Waals surface area contributed by atoms with Gasteiger partial charge in [-0.1, -0.05) is 13.0 Å². The Labute approximate surface area is 114 Å². The molecule has 0 spiro atoms. The van der Waals surface area contributed by atoms with E-state index in [0.717, 1.165) is 18.7 Å². The van der Waals surface area contributed by atoms with Gasteiger partial charge in [0.1, 0.15) is 0 Å². The number of hydrogen-bond donors (Lipinski definition) is 1. The van der Waals surface area contributed by atoms with Crippen molar-refractivity contribution in [2.24, 2.45) is 0 Å². The highest BCUT2D eigenvalue weighted by molar-refractivity contribution is 5.13. The van der Waals surface area contributed by atoms with Gasteiger partial charge in [0.05, 0.1) is 5.69 Å². The van der Waals surface area contributed by atoms with E-state index in [1.165, 1.54) is 5.56 Å². The van der Waals surface area contributed by atoms with E-state index >= 15 is 0 Å². The summed E-state index contributed by atoms with van der Waals surface area (Å²) in [5.74, 6) is 0. The van der Waals surface area contributed by atoms with E-state index in [2.05, 4.69) is 54.5 Å². The van der Waals surface area contributed by atoms with Gasteiger partial charge in [0.25, 0.3) is 0 Å². The van der Waals surface area contributed by atoms with Gasteiger partial charge in [0.2, 0.25) is 0 Å². The van der Waals surface area contributed by atoms with Crippen LogP contribution in [0.1, 0.15) is 50.5 Å². The van der Waals surface area contributed by atoms with Crippen LogP contribution < -0.4 is 5.32 Å². The van der Waals surface area contributed by atoms with Crippen LogP contribution >= 0.6 is 0 Å². The average Bonchev–Trinajstić information content (AvgIpc) is 2.93. The van der Waals surface area contributed by atoms with Crippen molar-refractivity contribution in [1.82, 2.24) is 20.1 Å². The number of hydrogen-bond acceptors (Lipinski definition) is 3. The van der Waals surface area contributed by atoms with Crippen molar-refractivity contribution in [3.63, 3.8) is 0 Å². The molecule has 4 heteroatoms. The highest BCUT2D eigenvalue weighted by Crippen LogP contribution is 2.12. The Hall–Kier alpha value is -1.68. The maximum Gasteiger partial charge on any atom is 0.0762 e. The van der Waals surface area contributed by atoms with E-state index in [9.17, 15) is 0 Å². The topological polar surface area (TPSA) is 42.7 Å². The predicted molar refractivity (Wildman–Crippen MR) is 76.7 cm³/mol. The SMILES string of the molecule is CCC(C)n1ccc(CN[C@H](C)c2cccnc2)n1. The molecule has 4 nitrogen and oxygen atoms in total. The van der Waals surface area contributed by atoms with Crippen molar-refractivity contribution >= 4 is 0 Å². The molecule has 0 aliphatic heterocycles. The van der Waals surface area contributed by atoms with Crippen LogP contribution in [0.15, 0.2) is 36.8 Å². The molecule has 0 radical (unpaired) electrons. The number of nitrogens with one attached hydrogen (secondary N) is 1. The first kappa shape index (κ1) is 13.7. The predicted octanol–water partition coefficient (Wildman–Crippen LogP) is 3.10. The molecule has 0 bridgehead atoms. The van der Waals surface area contributed by atoms with Gasteiger partial charge >= 0.3 is 0 Å². The van der Waals surface area contributed by atoms with Crippen LogP contribution in [0, 0.1) is 0 Å². The number of aromatic nitrogens is 3. The highest BCUT2D eigenvalue weighted by atomic mass is 15.3. The monoisotopic (exact) mass is 258 g/mol. The molecule has 19 heavy (non-hydrogen) atoms. The normalized spacial score (nSPS) is 14.3. The maximum absolute atomic E-state index is 4.59. The number of rotatable bonds is 6. The third-order valence-electron chi connectivity index (χ3n) is 3.48. The number of pyridine rings is 1. The van der Waals surface area contributed by atoms with Crippen LogP contribution in [0.5, 0.6) is 0 Å². The minimum absolute atomic E-state index is 0.280. The molecule has 0 aliphatic rings. The third kappa shape index (κ3) is 3.64. The lowest BCUT2D eigenvalue weighted by Crippen LogP contribution is -2.18. The molecule has 2 atom stereocenters. The Morgan fingerprint density at radius 2 is 2.16 bits per heavy atom. The van der Waals surface area contributed by atoms with Crippen LogP contribution in [0.3, 0.4) is 0 Å². The number of nitrogens with zero attached hydrogens (tertiary/aromatic N) is 3. The van der Waals surface area contributed by atoms with Crippen molar-refractivity contribution in [1.29, 1.82) is 0 Å². The first-order chi connectivity index (χ1) is 9.20. The van der Waals surface area contributed by atoms with Gasteiger partial charge in [0.15, 0.2) is 0 Å². The van der Waals surface area contributed by atoms with Crippen molar-refractivity contribution in [2.75, 3.05) is 0 Å². The zero-order valence-corrected chi connectivity index (χ0v) is 11.9. The first-order valence-electron chi connectivity index (χ1n) is 6.88. The third-order valence-corrected chi connectivity index (χ3v) is 3.48. The molecule has 2 rings (SSSR count). The standard InChI is InChI=1S/C15H22N4/c1-4-12(2)19-9-7-15(18-19)11-17-13(3)14-6-5-8-16-10-14/h5-10,12-13,17H,4,11H2,1-3H3/t12?,13-/m1/s1. The fourth-order valence-electron chi connectivity index (χ4n) is 1.91. The van der Waals surface area contributed by atoms with Gasteiger partial charge in [-0.2, -0.15) is 5.10 Å². The molecule has 2 aromatic heterocycles. The van der Waals surface area contributed by atoms with Crippen molar-refractivity contribution < 1.29 is 0 Å². The van der Waals surface area contributed by atoms with E-state index in [1.54, 1.807) is 6.20 Å². The Balaban J connectivity index is 1.90. The molecular formula is C15H22N4. The average molecular weight is 258 g/mol. The summed E-state index contributed by atoms with van der Waals surface area (Å²) in [7, 11) is 0. The molecule has 0 aromatic carbocycles. The fraction of sp³-hybridized carbons (Fsp3) is 0.467. The Bertz CT molecular complexity index is 492. The highest BCUT2D eigenvalue weighted by Gasteiger charge is 2.07. The molecule has 0 aliphatic carbocycles. The van der Waals surface area contributed by atoms with E-state index in [1.807, 2.05) is 16.9 Å². The summed E-state index contributed by atoms with van der Waals surface area (Å²) in [4.78, 5) is 4.14. The van der Waals surface area contributed by atoms with E-state index in [-0.39, 0.29) is 6.04 Å². The van der Waals surface area contributed by atoms with Gasteiger partial charge in [-0.3, -0.25) is 9.67 Å². The molecule has 0 fully saturated rings. The molecule has 1 N–H and O–H groups in total. The fourth-order valence-corrected chi connectivity index (χ4v) is 1.91. The second-order valence-corrected chi connectivity index (χ2v) is 4.93. The Kier molecular flexibility index (Phi) is 4.68. The minimum atomic E-state index is 0.280. The van der Waals surface area contributed by atoms with Crippen LogP contribution in [-0.4, -0.2) is 14.8 Å². The summed E-state index contributed by atoms with van der Waals surface area (Å²) >= 11 is 0. The van der Waals surface area contributed by atoms with E-state index < -0.39 is 0 Å². The van der Waals surface area contributed by atoms with E-state index in [0.29, 0.717) is 6.04 Å². The largest absolute Gasteiger partial charge is 0.304 e. The molecule has 102 valence electrons. The molecular weight excluding hydrogens is 236 g/mol. The van der Waals surface area contributed by atoms with Gasteiger partial charge in [-0.15, -0.1) is 0 Å². The van der Waals surface area contributed by atoms with Crippen LogP contribution in [0.2, 0.25) is 0 Å². The summed E-state index contributed by atoms with van der Waals surface area (Å²) in [6, 6.07) is 6.87. The van der Waals surface area contributed by atoms with Crippen LogP contribution in [0.4, 0.5) is 0 Å². The summed E-state index contributed by atoms with van der Waals surface area (Å²) in [5, 5.41) is 8.05. The van der Waals surface area contributed by atoms with Crippen LogP contribution in [-0.2, 0) is 6.54 Å². The minimum Gasteiger partial charge on any atom is -0.304 e. The Morgan fingerprint density at radius 3 is 2.84 bits per heavy atom. The molecule has 0 saturated heterocycles. The molecule has 2 aromatic rings. The Morgan fingerprint density at radius 1 is 1.32 bits per heavy atom. The zero-order chi connectivity index (χ0) is 13.7. The van der Waals surface area contributed by atoms with Crippen molar-refractivity contribution in [3.05, 3.63) is 48.0 Å². The van der Waals surface area contributed by atoms with Crippen molar-refractivity contribution in [3.8, 4) is 0 Å². The van der Waals surface area contributed by atoms with Crippen LogP contribution in [0.25, 0.3) is 0 Å². The lowest BCUT2D eigenvalue weighted by molar-refractivity contribution is 0.468. The van der Waals surface area contributed by atoms with Gasteiger partial charge in [-0.25, -0.2) is 0 Å². The lowest BCUT2D eigenvalue weighted by atomic mass is 10.1. The molecule has 1 unspecified atom stereocenters. The smallest absolute Gasteiger partial charge is 0.0762 e. The second-order valence-electron chi connectivity index (χ2n) is 4.93. The second kappa shape index (κ2) is 6.48. The first-order valence-corrected chi connectivity index (χ1v) is 6.88. The van der Waals surface area contributed by atoms with Gasteiger partial charge in [-0.05, 0) is 38.0 Å². The van der Waals surface area contributed by atoms with E-state index in [4.69, 9.17) is 0 Å². The summed E-state index contributed by atoms with van der Waals surface area (Å²) < 4.78 is 2.03. The van der Waals surface area contributed by atoms with Gasteiger partial charge in [0, 0.05) is 37.2 Å². The summed E-state index contributed by atoms with van der Waals surface area (Å²) in [6.45, 7) is 7.28. The molecule has 0 saturated carbocycles. The summed E-state index contributed by atoms with van der Waals surface area (Å²) in [6.07, 6.45) is 6.85. The molecule has 2 heterocycles. The van der Waals surface area contributed by atoms with Gasteiger partial charge < -0.3 is 5.32 Å². The zero-order valence-electron chi connectivity index (χ0n) is 11.9. The van der Waals surface area contributed by atoms with Crippen molar-refractivity contribution in [2.45, 2.75) is 45.8 Å². The molecule has 0 amide bonds. The maximum atomic E-state index is 4.59. The quantitative estimate of drug-likeness (QED) is 0.865. The lowest BCUT2D eigenvalue weighted by Gasteiger charge is -2.13. The summed E-state index contributed by atoms with van der Waals surface area (Å²) in [5.41, 5.74) is 2.28.